The van der Waals surface area contributed by atoms with E-state index in [0.29, 0.717) is 11.0 Å². The van der Waals surface area contributed by atoms with Crippen LogP contribution in [0.4, 0.5) is 5.69 Å². The van der Waals surface area contributed by atoms with Crippen LogP contribution in [0.2, 0.25) is 0 Å². The molecule has 0 aliphatic carbocycles. The third kappa shape index (κ3) is 4.19. The van der Waals surface area contributed by atoms with E-state index in [0.717, 1.165) is 5.75 Å². The minimum atomic E-state index is -0.562. The molecule has 0 fully saturated rings. The first-order chi connectivity index (χ1) is 11.0. The number of amides is 1. The quantitative estimate of drug-likeness (QED) is 0.465. The van der Waals surface area contributed by atoms with E-state index in [4.69, 9.17) is 4.74 Å². The summed E-state index contributed by atoms with van der Waals surface area (Å²) in [6.07, 6.45) is 0. The Morgan fingerprint density at radius 3 is 2.87 bits per heavy atom. The lowest BCUT2D eigenvalue weighted by atomic mass is 10.3. The molecule has 0 aliphatic rings. The van der Waals surface area contributed by atoms with E-state index in [2.05, 4.69) is 15.6 Å². The maximum Gasteiger partial charge on any atom is 0.310 e. The highest BCUT2D eigenvalue weighted by Crippen LogP contribution is 2.25. The fourth-order valence-corrected chi connectivity index (χ4v) is 2.39. The van der Waals surface area contributed by atoms with Gasteiger partial charge in [0, 0.05) is 6.07 Å². The average molecular weight is 337 g/mol. The number of nitro benzene ring substituents is 1. The predicted molar refractivity (Wildman–Crippen MR) is 84.1 cm³/mol. The van der Waals surface area contributed by atoms with Crippen molar-refractivity contribution in [2.75, 3.05) is 17.8 Å². The first-order valence-electron chi connectivity index (χ1n) is 6.73. The third-order valence-electron chi connectivity index (χ3n) is 2.73. The number of carbonyl (C=O) groups is 1. The molecule has 0 spiro atoms. The molecule has 0 saturated carbocycles. The van der Waals surface area contributed by atoms with Crippen molar-refractivity contribution in [3.63, 3.8) is 0 Å². The molecule has 0 saturated heterocycles. The molecule has 1 aromatic carbocycles. The number of hydrogen-bond acceptors (Lipinski definition) is 7. The number of nitro groups is 1. The number of aryl methyl sites for hydroxylation is 1. The average Bonchev–Trinajstić information content (AvgIpc) is 2.86. The molecule has 0 atom stereocenters. The smallest absolute Gasteiger partial charge is 0.310 e. The summed E-state index contributed by atoms with van der Waals surface area (Å²) in [5.74, 6) is 0.876. The molecule has 0 unspecified atom stereocenters. The van der Waals surface area contributed by atoms with Gasteiger partial charge in [0.2, 0.25) is 5.16 Å². The maximum atomic E-state index is 12.0. The Morgan fingerprint density at radius 2 is 2.17 bits per heavy atom. The molecule has 2 aromatic rings. The van der Waals surface area contributed by atoms with Crippen LogP contribution < -0.4 is 10.2 Å². The van der Waals surface area contributed by atoms with Gasteiger partial charge in [-0.2, -0.15) is 0 Å². The fraction of sp³-hybridized carbons (Fsp3) is 0.308. The summed E-state index contributed by atoms with van der Waals surface area (Å²) in [5.41, 5.74) is 2.41. The molecule has 10 heteroatoms. The monoisotopic (exact) mass is 337 g/mol. The van der Waals surface area contributed by atoms with Crippen LogP contribution in [-0.2, 0) is 4.79 Å². The lowest BCUT2D eigenvalue weighted by Gasteiger charge is -2.10. The van der Waals surface area contributed by atoms with Crippen molar-refractivity contribution in [2.24, 2.45) is 0 Å². The van der Waals surface area contributed by atoms with Gasteiger partial charge in [-0.15, -0.1) is 10.2 Å². The highest BCUT2D eigenvalue weighted by atomic mass is 32.2. The van der Waals surface area contributed by atoms with Crippen LogP contribution in [0.1, 0.15) is 12.7 Å². The summed E-state index contributed by atoms with van der Waals surface area (Å²) in [6, 6.07) is 5.88. The van der Waals surface area contributed by atoms with Gasteiger partial charge in [-0.3, -0.25) is 20.3 Å². The summed E-state index contributed by atoms with van der Waals surface area (Å²) in [7, 11) is 0. The Labute approximate surface area is 136 Å². The first kappa shape index (κ1) is 16.7. The molecule has 122 valence electrons. The molecular weight excluding hydrogens is 322 g/mol. The van der Waals surface area contributed by atoms with E-state index in [-0.39, 0.29) is 18.0 Å². The number of thioether (sulfide) groups is 1. The van der Waals surface area contributed by atoms with Crippen LogP contribution in [0.5, 0.6) is 5.75 Å². The second-order valence-corrected chi connectivity index (χ2v) is 5.58. The highest BCUT2D eigenvalue weighted by molar-refractivity contribution is 7.99. The van der Waals surface area contributed by atoms with Crippen molar-refractivity contribution in [3.05, 3.63) is 40.2 Å². The molecule has 9 nitrogen and oxygen atoms in total. The molecule has 0 bridgehead atoms. The Kier molecular flexibility index (Phi) is 5.52. The van der Waals surface area contributed by atoms with Crippen LogP contribution in [-0.4, -0.2) is 38.1 Å². The van der Waals surface area contributed by atoms with Crippen molar-refractivity contribution in [1.82, 2.24) is 14.9 Å². The van der Waals surface area contributed by atoms with Crippen molar-refractivity contribution in [2.45, 2.75) is 19.0 Å². The number of ether oxygens (including phenoxy) is 1. The molecule has 1 amide bonds. The Bertz CT molecular complexity index is 718. The largest absolute Gasteiger partial charge is 0.477 e. The summed E-state index contributed by atoms with van der Waals surface area (Å²) in [4.78, 5) is 22.3. The van der Waals surface area contributed by atoms with Gasteiger partial charge in [-0.1, -0.05) is 30.8 Å². The Hall–Kier alpha value is -2.62. The molecule has 1 aromatic heterocycles. The van der Waals surface area contributed by atoms with Crippen LogP contribution in [0.15, 0.2) is 29.4 Å². The van der Waals surface area contributed by atoms with Gasteiger partial charge < -0.3 is 4.74 Å². The topological polar surface area (TPSA) is 112 Å². The number of nitrogens with zero attached hydrogens (tertiary/aromatic N) is 4. The molecule has 23 heavy (non-hydrogen) atoms. The van der Waals surface area contributed by atoms with Crippen molar-refractivity contribution >= 4 is 23.4 Å². The summed E-state index contributed by atoms with van der Waals surface area (Å²) in [5, 5.41) is 19.3. The van der Waals surface area contributed by atoms with E-state index in [1.807, 2.05) is 6.92 Å². The summed E-state index contributed by atoms with van der Waals surface area (Å²) >= 11 is 1.43. The molecule has 0 radical (unpaired) electrons. The molecule has 2 rings (SSSR count). The Balaban J connectivity index is 2.01. The second kappa shape index (κ2) is 7.58. The van der Waals surface area contributed by atoms with Crippen molar-refractivity contribution < 1.29 is 14.5 Å². The molecule has 1 N–H and O–H groups in total. The van der Waals surface area contributed by atoms with Crippen LogP contribution >= 0.6 is 11.8 Å². The number of aromatic nitrogens is 3. The van der Waals surface area contributed by atoms with Crippen molar-refractivity contribution in [1.29, 1.82) is 0 Å². The standard InChI is InChI=1S/C13H15N5O4S/c1-3-23-13-15-14-9(2)17(13)16-12(19)8-22-11-7-5-4-6-10(11)18(20)21/h4-7H,3,8H2,1-2H3,(H,16,19). The predicted octanol–water partition coefficient (Wildman–Crippen LogP) is 1.76. The zero-order valence-electron chi connectivity index (χ0n) is 12.6. The van der Waals surface area contributed by atoms with Crippen LogP contribution in [0.3, 0.4) is 0 Å². The lowest BCUT2D eigenvalue weighted by molar-refractivity contribution is -0.385. The zero-order valence-corrected chi connectivity index (χ0v) is 13.4. The number of carbonyl (C=O) groups excluding carboxylic acids is 1. The minimum absolute atomic E-state index is 0.0382. The normalized spacial score (nSPS) is 10.3. The lowest BCUT2D eigenvalue weighted by Crippen LogP contribution is -2.29. The van der Waals surface area contributed by atoms with Gasteiger partial charge in [0.05, 0.1) is 4.92 Å². The van der Waals surface area contributed by atoms with E-state index < -0.39 is 10.8 Å². The third-order valence-corrected chi connectivity index (χ3v) is 3.54. The maximum absolute atomic E-state index is 12.0. The molecule has 1 heterocycles. The van der Waals surface area contributed by atoms with E-state index in [1.54, 1.807) is 13.0 Å². The summed E-state index contributed by atoms with van der Waals surface area (Å²) in [6.45, 7) is 3.30. The van der Waals surface area contributed by atoms with E-state index >= 15 is 0 Å². The number of benzene rings is 1. The van der Waals surface area contributed by atoms with Crippen molar-refractivity contribution in [3.8, 4) is 5.75 Å². The minimum Gasteiger partial charge on any atom is -0.477 e. The number of hydrogen-bond donors (Lipinski definition) is 1. The fourth-order valence-electron chi connectivity index (χ4n) is 1.72. The van der Waals surface area contributed by atoms with Gasteiger partial charge in [-0.05, 0) is 18.7 Å². The first-order valence-corrected chi connectivity index (χ1v) is 7.72. The van der Waals surface area contributed by atoms with Gasteiger partial charge in [-0.25, -0.2) is 4.68 Å². The molecule has 0 aliphatic heterocycles. The molecular formula is C13H15N5O4S. The van der Waals surface area contributed by atoms with Gasteiger partial charge in [0.15, 0.2) is 12.4 Å². The Morgan fingerprint density at radius 1 is 1.43 bits per heavy atom. The summed E-state index contributed by atoms with van der Waals surface area (Å²) < 4.78 is 6.69. The van der Waals surface area contributed by atoms with Gasteiger partial charge in [0.1, 0.15) is 5.82 Å². The van der Waals surface area contributed by atoms with Gasteiger partial charge in [0.25, 0.3) is 5.91 Å². The van der Waals surface area contributed by atoms with Crippen LogP contribution in [0.25, 0.3) is 0 Å². The number of rotatable bonds is 7. The zero-order chi connectivity index (χ0) is 16.8. The van der Waals surface area contributed by atoms with E-state index in [1.165, 1.54) is 34.6 Å². The number of para-hydroxylation sites is 2. The highest BCUT2D eigenvalue weighted by Gasteiger charge is 2.16. The van der Waals surface area contributed by atoms with Gasteiger partial charge >= 0.3 is 5.69 Å². The second-order valence-electron chi connectivity index (χ2n) is 4.35. The van der Waals surface area contributed by atoms with Crippen LogP contribution in [0, 0.1) is 17.0 Å². The number of nitrogens with one attached hydrogen (secondary N) is 1. The SMILES string of the molecule is CCSc1nnc(C)n1NC(=O)COc1ccccc1[N+](=O)[O-]. The van der Waals surface area contributed by atoms with E-state index in [9.17, 15) is 14.9 Å².